The highest BCUT2D eigenvalue weighted by Crippen LogP contribution is 2.24. The lowest BCUT2D eigenvalue weighted by Crippen LogP contribution is -2.43. The van der Waals surface area contributed by atoms with E-state index in [9.17, 15) is 4.79 Å². The van der Waals surface area contributed by atoms with E-state index in [1.165, 1.54) is 0 Å². The lowest BCUT2D eigenvalue weighted by Gasteiger charge is -2.33. The fourth-order valence-corrected chi connectivity index (χ4v) is 2.87. The van der Waals surface area contributed by atoms with Gasteiger partial charge in [0.2, 0.25) is 5.91 Å². The van der Waals surface area contributed by atoms with Crippen LogP contribution >= 0.6 is 0 Å². The molecule has 0 bridgehead atoms. The van der Waals surface area contributed by atoms with Crippen LogP contribution in [0.3, 0.4) is 0 Å². The molecule has 1 unspecified atom stereocenters. The largest absolute Gasteiger partial charge is 0.496 e. The molecule has 1 atom stereocenters. The number of carbonyl (C=O) groups is 1. The van der Waals surface area contributed by atoms with Crippen molar-refractivity contribution in [2.24, 2.45) is 0 Å². The lowest BCUT2D eigenvalue weighted by atomic mass is 10.1. The number of rotatable bonds is 4. The second-order valence-corrected chi connectivity index (χ2v) is 5.60. The fraction of sp³-hybridized carbons (Fsp3) is 0.316. The normalized spacial score (nSPS) is 17.8. The number of morpholine rings is 1. The van der Waals surface area contributed by atoms with Crippen molar-refractivity contribution < 1.29 is 14.3 Å². The zero-order chi connectivity index (χ0) is 16.1. The number of amides is 1. The Morgan fingerprint density at radius 1 is 1.17 bits per heavy atom. The van der Waals surface area contributed by atoms with Gasteiger partial charge in [0.25, 0.3) is 0 Å². The zero-order valence-electron chi connectivity index (χ0n) is 13.3. The molecule has 4 nitrogen and oxygen atoms in total. The average Bonchev–Trinajstić information content (AvgIpc) is 2.63. The van der Waals surface area contributed by atoms with Gasteiger partial charge in [-0.3, -0.25) is 4.79 Å². The minimum Gasteiger partial charge on any atom is -0.496 e. The van der Waals surface area contributed by atoms with E-state index in [1.54, 1.807) is 7.11 Å². The molecule has 1 saturated heterocycles. The Kier molecular flexibility index (Phi) is 4.93. The van der Waals surface area contributed by atoms with Gasteiger partial charge in [0, 0.05) is 12.1 Å². The molecule has 2 aromatic carbocycles. The first kappa shape index (κ1) is 15.6. The van der Waals surface area contributed by atoms with Crippen LogP contribution in [0.25, 0.3) is 0 Å². The maximum atomic E-state index is 12.6. The summed E-state index contributed by atoms with van der Waals surface area (Å²) in [4.78, 5) is 14.5. The molecule has 0 saturated carbocycles. The van der Waals surface area contributed by atoms with Gasteiger partial charge in [-0.25, -0.2) is 0 Å². The SMILES string of the molecule is COc1ccccc1CC(=O)N1CCOC(c2ccccc2)C1. The van der Waals surface area contributed by atoms with Crippen molar-refractivity contribution in [2.45, 2.75) is 12.5 Å². The molecule has 0 aliphatic carbocycles. The number of nitrogens with zero attached hydrogens (tertiary/aromatic N) is 1. The van der Waals surface area contributed by atoms with Gasteiger partial charge < -0.3 is 14.4 Å². The quantitative estimate of drug-likeness (QED) is 0.871. The van der Waals surface area contributed by atoms with Crippen molar-refractivity contribution in [2.75, 3.05) is 26.8 Å². The first-order valence-corrected chi connectivity index (χ1v) is 7.84. The van der Waals surface area contributed by atoms with Gasteiger partial charge in [-0.1, -0.05) is 48.5 Å². The summed E-state index contributed by atoms with van der Waals surface area (Å²) in [6.07, 6.45) is 0.303. The van der Waals surface area contributed by atoms with E-state index in [-0.39, 0.29) is 12.0 Å². The third-order valence-corrected chi connectivity index (χ3v) is 4.12. The number of carbonyl (C=O) groups excluding carboxylic acids is 1. The number of hydrogen-bond acceptors (Lipinski definition) is 3. The molecule has 23 heavy (non-hydrogen) atoms. The second-order valence-electron chi connectivity index (χ2n) is 5.60. The molecular formula is C19H21NO3. The van der Waals surface area contributed by atoms with Crippen LogP contribution in [0.15, 0.2) is 54.6 Å². The van der Waals surface area contributed by atoms with E-state index in [0.717, 1.165) is 16.9 Å². The standard InChI is InChI=1S/C19H21NO3/c1-22-17-10-6-5-9-16(17)13-19(21)20-11-12-23-18(14-20)15-7-3-2-4-8-15/h2-10,18H,11-14H2,1H3. The Bertz CT molecular complexity index is 657. The van der Waals surface area contributed by atoms with Gasteiger partial charge >= 0.3 is 0 Å². The van der Waals surface area contributed by atoms with Crippen molar-refractivity contribution in [1.29, 1.82) is 0 Å². The molecule has 3 rings (SSSR count). The summed E-state index contributed by atoms with van der Waals surface area (Å²) >= 11 is 0. The summed E-state index contributed by atoms with van der Waals surface area (Å²) in [6.45, 7) is 1.80. The maximum absolute atomic E-state index is 12.6. The molecule has 1 amide bonds. The van der Waals surface area contributed by atoms with E-state index < -0.39 is 0 Å². The summed E-state index contributed by atoms with van der Waals surface area (Å²) in [5.74, 6) is 0.868. The molecule has 0 radical (unpaired) electrons. The summed E-state index contributed by atoms with van der Waals surface area (Å²) in [7, 11) is 1.63. The Hall–Kier alpha value is -2.33. The molecule has 0 aromatic heterocycles. The lowest BCUT2D eigenvalue weighted by molar-refractivity contribution is -0.138. The minimum atomic E-state index is -0.0495. The molecule has 1 aliphatic rings. The van der Waals surface area contributed by atoms with Gasteiger partial charge in [0.1, 0.15) is 11.9 Å². The molecule has 1 heterocycles. The summed E-state index contributed by atoms with van der Waals surface area (Å²) in [6, 6.07) is 17.7. The molecule has 2 aromatic rings. The first-order chi connectivity index (χ1) is 11.3. The maximum Gasteiger partial charge on any atom is 0.227 e. The Balaban J connectivity index is 1.68. The third kappa shape index (κ3) is 3.71. The van der Waals surface area contributed by atoms with E-state index in [4.69, 9.17) is 9.47 Å². The fourth-order valence-electron chi connectivity index (χ4n) is 2.87. The van der Waals surface area contributed by atoms with Crippen LogP contribution < -0.4 is 4.74 Å². The van der Waals surface area contributed by atoms with Gasteiger partial charge in [-0.2, -0.15) is 0 Å². The topological polar surface area (TPSA) is 38.8 Å². The van der Waals surface area contributed by atoms with Gasteiger partial charge in [-0.15, -0.1) is 0 Å². The molecular weight excluding hydrogens is 290 g/mol. The average molecular weight is 311 g/mol. The monoisotopic (exact) mass is 311 g/mol. The van der Waals surface area contributed by atoms with Crippen molar-refractivity contribution in [1.82, 2.24) is 4.90 Å². The number of methoxy groups -OCH3 is 1. The van der Waals surface area contributed by atoms with Gasteiger partial charge in [0.05, 0.1) is 26.7 Å². The van der Waals surface area contributed by atoms with Crippen LogP contribution in [0, 0.1) is 0 Å². The van der Waals surface area contributed by atoms with Crippen molar-refractivity contribution in [3.05, 3.63) is 65.7 Å². The van der Waals surface area contributed by atoms with E-state index in [0.29, 0.717) is 26.1 Å². The number of hydrogen-bond donors (Lipinski definition) is 0. The highest BCUT2D eigenvalue weighted by atomic mass is 16.5. The number of ether oxygens (including phenoxy) is 2. The molecule has 1 aliphatic heterocycles. The minimum absolute atomic E-state index is 0.0495. The van der Waals surface area contributed by atoms with Crippen molar-refractivity contribution in [3.63, 3.8) is 0 Å². The highest BCUT2D eigenvalue weighted by molar-refractivity contribution is 5.79. The summed E-state index contributed by atoms with van der Waals surface area (Å²) in [5.41, 5.74) is 2.03. The first-order valence-electron chi connectivity index (χ1n) is 7.84. The molecule has 1 fully saturated rings. The number of para-hydroxylation sites is 1. The molecule has 0 N–H and O–H groups in total. The summed E-state index contributed by atoms with van der Waals surface area (Å²) < 4.78 is 11.1. The Morgan fingerprint density at radius 3 is 2.70 bits per heavy atom. The van der Waals surface area contributed by atoms with Gasteiger partial charge in [0.15, 0.2) is 0 Å². The van der Waals surface area contributed by atoms with Gasteiger partial charge in [-0.05, 0) is 11.6 Å². The number of benzene rings is 2. The predicted molar refractivity (Wildman–Crippen MR) is 88.4 cm³/mol. The van der Waals surface area contributed by atoms with Crippen molar-refractivity contribution >= 4 is 5.91 Å². The summed E-state index contributed by atoms with van der Waals surface area (Å²) in [5, 5.41) is 0. The van der Waals surface area contributed by atoms with Crippen LogP contribution in [0.5, 0.6) is 5.75 Å². The van der Waals surface area contributed by atoms with Crippen LogP contribution in [0.2, 0.25) is 0 Å². The Morgan fingerprint density at radius 2 is 1.91 bits per heavy atom. The highest BCUT2D eigenvalue weighted by Gasteiger charge is 2.25. The molecule has 0 spiro atoms. The van der Waals surface area contributed by atoms with Crippen molar-refractivity contribution in [3.8, 4) is 5.75 Å². The van der Waals surface area contributed by atoms with E-state index >= 15 is 0 Å². The zero-order valence-corrected chi connectivity index (χ0v) is 13.3. The smallest absolute Gasteiger partial charge is 0.227 e. The predicted octanol–water partition coefficient (Wildman–Crippen LogP) is 2.84. The van der Waals surface area contributed by atoms with Crippen LogP contribution in [0.4, 0.5) is 0 Å². The second kappa shape index (κ2) is 7.29. The van der Waals surface area contributed by atoms with E-state index in [1.807, 2.05) is 59.5 Å². The Labute approximate surface area is 136 Å². The molecule has 120 valence electrons. The van der Waals surface area contributed by atoms with Crippen LogP contribution in [-0.2, 0) is 16.0 Å². The van der Waals surface area contributed by atoms with E-state index in [2.05, 4.69) is 0 Å². The third-order valence-electron chi connectivity index (χ3n) is 4.12. The van der Waals surface area contributed by atoms with Crippen LogP contribution in [0.1, 0.15) is 17.2 Å². The molecule has 4 heteroatoms. The van der Waals surface area contributed by atoms with Crippen LogP contribution in [-0.4, -0.2) is 37.6 Å².